The lowest BCUT2D eigenvalue weighted by molar-refractivity contribution is 0.279. The van der Waals surface area contributed by atoms with E-state index in [2.05, 4.69) is 53.3 Å². The number of rotatable bonds is 10. The van der Waals surface area contributed by atoms with Crippen LogP contribution in [0.1, 0.15) is 38.7 Å². The number of halogens is 1. The highest BCUT2D eigenvalue weighted by Gasteiger charge is 2.33. The van der Waals surface area contributed by atoms with Crippen LogP contribution in [0.4, 0.5) is 10.1 Å². The lowest BCUT2D eigenvalue weighted by atomic mass is 9.97. The molecule has 0 radical (unpaired) electrons. The number of thiocarbonyl (C=S) groups is 1. The standard InChI is InChI=1S/C29H34FN3S/c1-21(2)28(20-32-27-14-17-31-18-15-27)33-19-16-25(29(33)34)5-3-4-22-6-8-23(9-7-22)24-10-12-26(30)13-11-24/h6-15,17-18,21,25,28H,3-5,16,19-20H2,1-2H3,(H,31,32). The first-order chi connectivity index (χ1) is 16.5. The summed E-state index contributed by atoms with van der Waals surface area (Å²) in [5.41, 5.74) is 4.61. The van der Waals surface area contributed by atoms with Gasteiger partial charge in [-0.05, 0) is 72.6 Å². The largest absolute Gasteiger partial charge is 0.383 e. The van der Waals surface area contributed by atoms with Gasteiger partial charge < -0.3 is 10.2 Å². The van der Waals surface area contributed by atoms with E-state index in [-0.39, 0.29) is 5.82 Å². The average molecular weight is 476 g/mol. The van der Waals surface area contributed by atoms with Gasteiger partial charge in [0.15, 0.2) is 0 Å². The van der Waals surface area contributed by atoms with Gasteiger partial charge in [0.05, 0.1) is 4.99 Å². The molecule has 178 valence electrons. The summed E-state index contributed by atoms with van der Waals surface area (Å²) in [5, 5.41) is 3.56. The fourth-order valence-electron chi connectivity index (χ4n) is 4.82. The average Bonchev–Trinajstić information content (AvgIpc) is 3.21. The zero-order valence-electron chi connectivity index (χ0n) is 20.1. The van der Waals surface area contributed by atoms with Crippen molar-refractivity contribution >= 4 is 22.9 Å². The maximum atomic E-state index is 13.2. The van der Waals surface area contributed by atoms with Gasteiger partial charge in [0.2, 0.25) is 0 Å². The second-order valence-electron chi connectivity index (χ2n) is 9.54. The number of pyridine rings is 1. The van der Waals surface area contributed by atoms with E-state index in [1.165, 1.54) is 17.7 Å². The van der Waals surface area contributed by atoms with Crippen molar-refractivity contribution in [3.63, 3.8) is 0 Å². The SMILES string of the molecule is CC(C)C(CNc1ccncc1)N1CCC(CCCc2ccc(-c3ccc(F)cc3)cc2)C1=S. The monoisotopic (exact) mass is 475 g/mol. The number of likely N-dealkylation sites (tertiary alicyclic amines) is 1. The number of nitrogens with one attached hydrogen (secondary N) is 1. The zero-order valence-corrected chi connectivity index (χ0v) is 20.9. The first kappa shape index (κ1) is 24.3. The maximum absolute atomic E-state index is 13.2. The van der Waals surface area contributed by atoms with Crippen LogP contribution in [0.15, 0.2) is 73.1 Å². The molecule has 34 heavy (non-hydrogen) atoms. The highest BCUT2D eigenvalue weighted by molar-refractivity contribution is 7.80. The summed E-state index contributed by atoms with van der Waals surface area (Å²) in [6.45, 7) is 6.50. The fraction of sp³-hybridized carbons (Fsp3) is 0.379. The smallest absolute Gasteiger partial charge is 0.123 e. The normalized spacial score (nSPS) is 16.8. The summed E-state index contributed by atoms with van der Waals surface area (Å²) in [6, 6.07) is 19.7. The van der Waals surface area contributed by atoms with Gasteiger partial charge in [-0.25, -0.2) is 4.39 Å². The molecule has 0 aliphatic carbocycles. The van der Waals surface area contributed by atoms with Crippen molar-refractivity contribution in [3.05, 3.63) is 84.4 Å². The van der Waals surface area contributed by atoms with E-state index in [9.17, 15) is 4.39 Å². The third-order valence-corrected chi connectivity index (χ3v) is 7.43. The zero-order chi connectivity index (χ0) is 23.9. The minimum absolute atomic E-state index is 0.200. The molecule has 2 heterocycles. The molecular weight excluding hydrogens is 441 g/mol. The predicted octanol–water partition coefficient (Wildman–Crippen LogP) is 7.00. The van der Waals surface area contributed by atoms with E-state index < -0.39 is 0 Å². The van der Waals surface area contributed by atoms with Crippen LogP contribution in [-0.4, -0.2) is 34.0 Å². The van der Waals surface area contributed by atoms with Crippen LogP contribution in [0.25, 0.3) is 11.1 Å². The van der Waals surface area contributed by atoms with Crippen molar-refractivity contribution in [2.75, 3.05) is 18.4 Å². The Balaban J connectivity index is 1.27. The van der Waals surface area contributed by atoms with Crippen molar-refractivity contribution in [1.29, 1.82) is 0 Å². The van der Waals surface area contributed by atoms with Crippen LogP contribution < -0.4 is 5.32 Å². The van der Waals surface area contributed by atoms with Gasteiger partial charge >= 0.3 is 0 Å². The fourth-order valence-corrected chi connectivity index (χ4v) is 5.28. The van der Waals surface area contributed by atoms with Crippen molar-refractivity contribution in [2.24, 2.45) is 11.8 Å². The Kier molecular flexibility index (Phi) is 8.28. The van der Waals surface area contributed by atoms with Gasteiger partial charge in [-0.3, -0.25) is 4.98 Å². The molecule has 3 aromatic rings. The number of anilines is 1. The molecule has 1 aromatic heterocycles. The summed E-state index contributed by atoms with van der Waals surface area (Å²) >= 11 is 5.96. The Hall–Kier alpha value is -2.79. The van der Waals surface area contributed by atoms with E-state index in [4.69, 9.17) is 12.2 Å². The molecule has 3 nitrogen and oxygen atoms in total. The molecule has 1 aliphatic heterocycles. The molecule has 5 heteroatoms. The topological polar surface area (TPSA) is 28.2 Å². The molecule has 2 atom stereocenters. The molecule has 2 aromatic carbocycles. The van der Waals surface area contributed by atoms with Crippen LogP contribution in [0.2, 0.25) is 0 Å². The van der Waals surface area contributed by atoms with Gasteiger partial charge in [-0.1, -0.05) is 62.5 Å². The van der Waals surface area contributed by atoms with E-state index >= 15 is 0 Å². The number of hydrogen-bond acceptors (Lipinski definition) is 3. The second-order valence-corrected chi connectivity index (χ2v) is 9.96. The van der Waals surface area contributed by atoms with Crippen molar-refractivity contribution in [2.45, 2.75) is 45.6 Å². The third kappa shape index (κ3) is 6.20. The lowest BCUT2D eigenvalue weighted by Crippen LogP contribution is -2.44. The lowest BCUT2D eigenvalue weighted by Gasteiger charge is -2.33. The van der Waals surface area contributed by atoms with Gasteiger partial charge in [-0.2, -0.15) is 0 Å². The van der Waals surface area contributed by atoms with Crippen LogP contribution in [-0.2, 0) is 6.42 Å². The first-order valence-electron chi connectivity index (χ1n) is 12.3. The van der Waals surface area contributed by atoms with E-state index in [0.29, 0.717) is 17.9 Å². The van der Waals surface area contributed by atoms with Gasteiger partial charge in [0.1, 0.15) is 5.82 Å². The molecule has 0 spiro atoms. The minimum atomic E-state index is -0.200. The molecule has 0 amide bonds. The second kappa shape index (κ2) is 11.6. The molecule has 0 saturated carbocycles. The van der Waals surface area contributed by atoms with Gasteiger partial charge in [-0.15, -0.1) is 0 Å². The Morgan fingerprint density at radius 3 is 2.29 bits per heavy atom. The molecule has 1 N–H and O–H groups in total. The molecule has 4 rings (SSSR count). The summed E-state index contributed by atoms with van der Waals surface area (Å²) in [4.78, 5) is 7.70. The Labute approximate surface area is 208 Å². The molecule has 1 saturated heterocycles. The molecule has 2 unspecified atom stereocenters. The summed E-state index contributed by atoms with van der Waals surface area (Å²) in [7, 11) is 0. The molecule has 1 aliphatic rings. The summed E-state index contributed by atoms with van der Waals surface area (Å²) < 4.78 is 13.2. The van der Waals surface area contributed by atoms with Crippen molar-refractivity contribution in [3.8, 4) is 11.1 Å². The summed E-state index contributed by atoms with van der Waals surface area (Å²) in [5.74, 6) is 0.815. The van der Waals surface area contributed by atoms with Crippen molar-refractivity contribution < 1.29 is 4.39 Å². The van der Waals surface area contributed by atoms with Crippen LogP contribution in [0.5, 0.6) is 0 Å². The van der Waals surface area contributed by atoms with Gasteiger partial charge in [0.25, 0.3) is 0 Å². The molecule has 0 bridgehead atoms. The van der Waals surface area contributed by atoms with E-state index in [1.807, 2.05) is 36.7 Å². The Morgan fingerprint density at radius 2 is 1.65 bits per heavy atom. The third-order valence-electron chi connectivity index (χ3n) is 6.87. The van der Waals surface area contributed by atoms with Gasteiger partial charge in [0, 0.05) is 43.1 Å². The maximum Gasteiger partial charge on any atom is 0.123 e. The highest BCUT2D eigenvalue weighted by Crippen LogP contribution is 2.29. The number of benzene rings is 2. The highest BCUT2D eigenvalue weighted by atomic mass is 32.1. The Morgan fingerprint density at radius 1 is 1.00 bits per heavy atom. The molecular formula is C29H34FN3S. The van der Waals surface area contributed by atoms with Crippen LogP contribution in [0.3, 0.4) is 0 Å². The molecule has 1 fully saturated rings. The van der Waals surface area contributed by atoms with Crippen LogP contribution in [0, 0.1) is 17.7 Å². The Bertz CT molecular complexity index is 1050. The number of nitrogens with zero attached hydrogens (tertiary/aromatic N) is 2. The quantitative estimate of drug-likeness (QED) is 0.320. The van der Waals surface area contributed by atoms with E-state index in [0.717, 1.165) is 60.6 Å². The number of aromatic nitrogens is 1. The first-order valence-corrected chi connectivity index (χ1v) is 12.7. The van der Waals surface area contributed by atoms with Crippen LogP contribution >= 0.6 is 12.2 Å². The van der Waals surface area contributed by atoms with Crippen molar-refractivity contribution in [1.82, 2.24) is 9.88 Å². The number of aryl methyl sites for hydroxylation is 1. The summed E-state index contributed by atoms with van der Waals surface area (Å²) in [6.07, 6.45) is 8.12. The minimum Gasteiger partial charge on any atom is -0.383 e. The number of hydrogen-bond donors (Lipinski definition) is 1. The van der Waals surface area contributed by atoms with E-state index in [1.54, 1.807) is 0 Å². The predicted molar refractivity (Wildman–Crippen MR) is 144 cm³/mol.